The number of methoxy groups -OCH3 is 1. The lowest BCUT2D eigenvalue weighted by Gasteiger charge is -2.35. The summed E-state index contributed by atoms with van der Waals surface area (Å²) in [7, 11) is 1.56. The van der Waals surface area contributed by atoms with Gasteiger partial charge in [0.15, 0.2) is 0 Å². The second kappa shape index (κ2) is 6.02. The molecule has 1 saturated carbocycles. The fourth-order valence-corrected chi connectivity index (χ4v) is 2.35. The van der Waals surface area contributed by atoms with Crippen LogP contribution in [0, 0.1) is 11.3 Å². The fraction of sp³-hybridized carbons (Fsp3) is 0.846. The van der Waals surface area contributed by atoms with Gasteiger partial charge in [0.1, 0.15) is 12.1 Å². The molecular weight excluding hydrogens is 216 g/mol. The van der Waals surface area contributed by atoms with E-state index in [1.165, 1.54) is 0 Å². The number of carbonyl (C=O) groups excluding carboxylic acids is 1. The van der Waals surface area contributed by atoms with Gasteiger partial charge in [0.05, 0.1) is 6.07 Å². The summed E-state index contributed by atoms with van der Waals surface area (Å²) in [6, 6.07) is 2.32. The minimum Gasteiger partial charge on any atom is -0.369 e. The van der Waals surface area contributed by atoms with Crippen LogP contribution in [0.4, 0.5) is 0 Å². The monoisotopic (exact) mass is 238 g/mol. The quantitative estimate of drug-likeness (QED) is 0.689. The number of nitrogens with zero attached hydrogens (tertiary/aromatic N) is 2. The van der Waals surface area contributed by atoms with E-state index >= 15 is 0 Å². The summed E-state index contributed by atoms with van der Waals surface area (Å²) in [5.41, 5.74) is -0.792. The number of nitriles is 1. The van der Waals surface area contributed by atoms with Gasteiger partial charge >= 0.3 is 0 Å². The Hall–Kier alpha value is -1.08. The molecule has 0 bridgehead atoms. The van der Waals surface area contributed by atoms with E-state index in [9.17, 15) is 4.79 Å². The van der Waals surface area contributed by atoms with Gasteiger partial charge in [-0.15, -0.1) is 0 Å². The molecule has 0 saturated heterocycles. The zero-order chi connectivity index (χ0) is 12.9. The fourth-order valence-electron chi connectivity index (χ4n) is 2.35. The SMILES string of the molecule is CCC(C)(OC)C(=O)N(CC#N)C1CCCC1. The smallest absolute Gasteiger partial charge is 0.255 e. The highest BCUT2D eigenvalue weighted by Crippen LogP contribution is 2.27. The summed E-state index contributed by atoms with van der Waals surface area (Å²) in [6.45, 7) is 3.90. The molecule has 0 aliphatic heterocycles. The van der Waals surface area contributed by atoms with E-state index in [0.717, 1.165) is 25.7 Å². The highest BCUT2D eigenvalue weighted by molar-refractivity contribution is 5.85. The van der Waals surface area contributed by atoms with E-state index < -0.39 is 5.60 Å². The van der Waals surface area contributed by atoms with Gasteiger partial charge in [-0.2, -0.15) is 5.26 Å². The molecule has 1 aliphatic rings. The largest absolute Gasteiger partial charge is 0.369 e. The van der Waals surface area contributed by atoms with Gasteiger partial charge in [0.25, 0.3) is 5.91 Å². The normalized spacial score (nSPS) is 19.6. The standard InChI is InChI=1S/C13H22N2O2/c1-4-13(2,17-3)12(16)15(10-9-14)11-7-5-6-8-11/h11H,4-8,10H2,1-3H3. The first kappa shape index (κ1) is 14.0. The average molecular weight is 238 g/mol. The van der Waals surface area contributed by atoms with Crippen molar-refractivity contribution in [2.24, 2.45) is 0 Å². The van der Waals surface area contributed by atoms with Crippen LogP contribution in [0.2, 0.25) is 0 Å². The van der Waals surface area contributed by atoms with E-state index in [-0.39, 0.29) is 18.5 Å². The Balaban J connectivity index is 2.83. The van der Waals surface area contributed by atoms with Crippen LogP contribution in [0.5, 0.6) is 0 Å². The molecule has 1 fully saturated rings. The number of amides is 1. The van der Waals surface area contributed by atoms with Crippen LogP contribution in [0.25, 0.3) is 0 Å². The van der Waals surface area contributed by atoms with Gasteiger partial charge in [-0.25, -0.2) is 0 Å². The Morgan fingerprint density at radius 3 is 2.53 bits per heavy atom. The molecule has 96 valence electrons. The molecule has 4 heteroatoms. The molecule has 1 amide bonds. The summed E-state index contributed by atoms with van der Waals surface area (Å²) < 4.78 is 5.34. The third-order valence-corrected chi connectivity index (χ3v) is 3.84. The van der Waals surface area contributed by atoms with Gasteiger partial charge in [-0.1, -0.05) is 19.8 Å². The summed E-state index contributed by atoms with van der Waals surface area (Å²) in [6.07, 6.45) is 4.94. The van der Waals surface area contributed by atoms with E-state index in [1.54, 1.807) is 18.9 Å². The number of hydrogen-bond donors (Lipinski definition) is 0. The molecule has 1 unspecified atom stereocenters. The molecule has 0 aromatic rings. The number of hydrogen-bond acceptors (Lipinski definition) is 3. The first-order valence-corrected chi connectivity index (χ1v) is 6.32. The molecule has 0 aromatic carbocycles. The van der Waals surface area contributed by atoms with Crippen molar-refractivity contribution in [2.75, 3.05) is 13.7 Å². The molecule has 0 N–H and O–H groups in total. The topological polar surface area (TPSA) is 53.3 Å². The lowest BCUT2D eigenvalue weighted by Crippen LogP contribution is -2.51. The Morgan fingerprint density at radius 2 is 2.12 bits per heavy atom. The molecule has 0 radical (unpaired) electrons. The van der Waals surface area contributed by atoms with Crippen LogP contribution < -0.4 is 0 Å². The van der Waals surface area contributed by atoms with Crippen molar-refractivity contribution in [1.29, 1.82) is 5.26 Å². The minimum atomic E-state index is -0.792. The third-order valence-electron chi connectivity index (χ3n) is 3.84. The first-order chi connectivity index (χ1) is 8.09. The Labute approximate surface area is 104 Å². The van der Waals surface area contributed by atoms with E-state index in [4.69, 9.17) is 10.00 Å². The van der Waals surface area contributed by atoms with Crippen molar-refractivity contribution < 1.29 is 9.53 Å². The van der Waals surface area contributed by atoms with Crippen molar-refractivity contribution in [3.05, 3.63) is 0 Å². The van der Waals surface area contributed by atoms with Gasteiger partial charge in [-0.3, -0.25) is 4.79 Å². The predicted octanol–water partition coefficient (Wildman–Crippen LogP) is 2.10. The van der Waals surface area contributed by atoms with Crippen molar-refractivity contribution in [3.8, 4) is 6.07 Å². The zero-order valence-corrected chi connectivity index (χ0v) is 11.0. The van der Waals surface area contributed by atoms with Crippen molar-refractivity contribution >= 4 is 5.91 Å². The van der Waals surface area contributed by atoms with E-state index in [1.807, 2.05) is 6.92 Å². The van der Waals surface area contributed by atoms with Gasteiger partial charge in [0, 0.05) is 13.2 Å². The average Bonchev–Trinajstić information content (AvgIpc) is 2.87. The van der Waals surface area contributed by atoms with E-state index in [0.29, 0.717) is 6.42 Å². The first-order valence-electron chi connectivity index (χ1n) is 6.32. The molecule has 0 heterocycles. The molecule has 17 heavy (non-hydrogen) atoms. The van der Waals surface area contributed by atoms with Crippen LogP contribution in [-0.2, 0) is 9.53 Å². The lowest BCUT2D eigenvalue weighted by atomic mass is 10.00. The second-order valence-corrected chi connectivity index (χ2v) is 4.82. The number of carbonyl (C=O) groups is 1. The second-order valence-electron chi connectivity index (χ2n) is 4.82. The molecule has 1 atom stereocenters. The molecule has 0 aromatic heterocycles. The summed E-state index contributed by atoms with van der Waals surface area (Å²) in [5.74, 6) is -0.0454. The van der Waals surface area contributed by atoms with Crippen LogP contribution in [0.1, 0.15) is 46.0 Å². The lowest BCUT2D eigenvalue weighted by molar-refractivity contribution is -0.155. The third kappa shape index (κ3) is 2.98. The van der Waals surface area contributed by atoms with Crippen LogP contribution in [0.15, 0.2) is 0 Å². The molecule has 1 rings (SSSR count). The Bertz CT molecular complexity index is 299. The highest BCUT2D eigenvalue weighted by atomic mass is 16.5. The maximum absolute atomic E-state index is 12.5. The van der Waals surface area contributed by atoms with Crippen molar-refractivity contribution in [2.45, 2.75) is 57.6 Å². The van der Waals surface area contributed by atoms with Crippen LogP contribution in [-0.4, -0.2) is 36.1 Å². The summed E-state index contributed by atoms with van der Waals surface area (Å²) in [5, 5.41) is 8.87. The van der Waals surface area contributed by atoms with Crippen molar-refractivity contribution in [3.63, 3.8) is 0 Å². The maximum Gasteiger partial charge on any atom is 0.255 e. The maximum atomic E-state index is 12.5. The predicted molar refractivity (Wildman–Crippen MR) is 65.3 cm³/mol. The number of ether oxygens (including phenoxy) is 1. The molecule has 0 spiro atoms. The van der Waals surface area contributed by atoms with Crippen LogP contribution in [0.3, 0.4) is 0 Å². The molecule has 1 aliphatic carbocycles. The van der Waals surface area contributed by atoms with Crippen LogP contribution >= 0.6 is 0 Å². The minimum absolute atomic E-state index is 0.0454. The van der Waals surface area contributed by atoms with Gasteiger partial charge in [0.2, 0.25) is 0 Å². The zero-order valence-electron chi connectivity index (χ0n) is 11.0. The molecule has 4 nitrogen and oxygen atoms in total. The van der Waals surface area contributed by atoms with Gasteiger partial charge in [-0.05, 0) is 26.2 Å². The number of rotatable bonds is 5. The Kier molecular flexibility index (Phi) is 4.95. The Morgan fingerprint density at radius 1 is 1.53 bits per heavy atom. The van der Waals surface area contributed by atoms with Gasteiger partial charge < -0.3 is 9.64 Å². The van der Waals surface area contributed by atoms with E-state index in [2.05, 4.69) is 6.07 Å². The van der Waals surface area contributed by atoms with Crippen molar-refractivity contribution in [1.82, 2.24) is 4.90 Å². The highest BCUT2D eigenvalue weighted by Gasteiger charge is 2.38. The summed E-state index contributed by atoms with van der Waals surface area (Å²) >= 11 is 0. The molecular formula is C13H22N2O2. The summed E-state index contributed by atoms with van der Waals surface area (Å²) in [4.78, 5) is 14.2.